The lowest BCUT2D eigenvalue weighted by atomic mass is 10.2. The fourth-order valence-electron chi connectivity index (χ4n) is 2.40. The summed E-state index contributed by atoms with van der Waals surface area (Å²) < 4.78 is 5.47. The maximum atomic E-state index is 12.6. The molecule has 1 unspecified atom stereocenters. The maximum Gasteiger partial charge on any atom is 0.263 e. The minimum atomic E-state index is -0.0927. The molecule has 7 heteroatoms. The van der Waals surface area contributed by atoms with Gasteiger partial charge in [0.1, 0.15) is 15.6 Å². The van der Waals surface area contributed by atoms with Crippen LogP contribution in [0.5, 0.6) is 0 Å². The van der Waals surface area contributed by atoms with Crippen molar-refractivity contribution >= 4 is 28.6 Å². The first-order chi connectivity index (χ1) is 11.6. The number of hydrogen-bond donors (Lipinski definition) is 1. The summed E-state index contributed by atoms with van der Waals surface area (Å²) in [5, 5.41) is 7.94. The molecule has 3 aromatic heterocycles. The number of amides is 1. The molecule has 0 spiro atoms. The van der Waals surface area contributed by atoms with Crippen molar-refractivity contribution in [1.82, 2.24) is 15.2 Å². The number of hydrogen-bond acceptors (Lipinski definition) is 6. The molecular weight excluding hydrogens is 342 g/mol. The number of carbonyl (C=O) groups excluding carboxylic acids is 1. The number of nitrogens with zero attached hydrogens (tertiary/aromatic N) is 2. The van der Waals surface area contributed by atoms with Gasteiger partial charge in [0, 0.05) is 17.5 Å². The number of nitrogens with one attached hydrogen (secondary N) is 1. The Morgan fingerprint density at radius 3 is 2.88 bits per heavy atom. The molecule has 0 aliphatic carbocycles. The molecule has 5 nitrogen and oxygen atoms in total. The van der Waals surface area contributed by atoms with Gasteiger partial charge in [-0.1, -0.05) is 0 Å². The number of carbonyl (C=O) groups is 1. The summed E-state index contributed by atoms with van der Waals surface area (Å²) in [6.45, 7) is 2.35. The largest absolute Gasteiger partial charge is 0.468 e. The Hall–Kier alpha value is -1.96. The molecule has 1 amide bonds. The summed E-state index contributed by atoms with van der Waals surface area (Å²) in [7, 11) is 3.93. The van der Waals surface area contributed by atoms with E-state index in [2.05, 4.69) is 10.3 Å². The second-order valence-corrected chi connectivity index (χ2v) is 7.43. The summed E-state index contributed by atoms with van der Waals surface area (Å²) in [5.74, 6) is 0.741. The molecule has 1 atom stereocenters. The third-order valence-corrected chi connectivity index (χ3v) is 5.61. The maximum absolute atomic E-state index is 12.6. The minimum Gasteiger partial charge on any atom is -0.468 e. The molecule has 0 aliphatic rings. The van der Waals surface area contributed by atoms with Gasteiger partial charge in [0.05, 0.1) is 18.0 Å². The van der Waals surface area contributed by atoms with Gasteiger partial charge in [-0.05, 0) is 44.6 Å². The molecular formula is C17H19N3O2S2. The van der Waals surface area contributed by atoms with Crippen LogP contribution in [-0.2, 0) is 0 Å². The molecule has 0 aliphatic heterocycles. The first-order valence-electron chi connectivity index (χ1n) is 7.54. The fourth-order valence-corrected chi connectivity index (χ4v) is 4.10. The number of aryl methyl sites for hydroxylation is 1. The smallest absolute Gasteiger partial charge is 0.263 e. The summed E-state index contributed by atoms with van der Waals surface area (Å²) in [6.07, 6.45) is 1.65. The Morgan fingerprint density at radius 2 is 2.25 bits per heavy atom. The molecule has 24 heavy (non-hydrogen) atoms. The number of aromatic nitrogens is 1. The summed E-state index contributed by atoms with van der Waals surface area (Å²) >= 11 is 3.05. The molecule has 0 fully saturated rings. The van der Waals surface area contributed by atoms with E-state index in [1.165, 1.54) is 11.3 Å². The van der Waals surface area contributed by atoms with Crippen LogP contribution in [0.15, 0.2) is 39.6 Å². The molecule has 1 N–H and O–H groups in total. The SMILES string of the molecule is Cc1nc(-c2ccsc2)sc1C(=O)NCC(c1ccco1)N(C)C. The van der Waals surface area contributed by atoms with Gasteiger partial charge in [-0.2, -0.15) is 11.3 Å². The lowest BCUT2D eigenvalue weighted by Crippen LogP contribution is -2.34. The molecule has 0 radical (unpaired) electrons. The Morgan fingerprint density at radius 1 is 1.42 bits per heavy atom. The highest BCUT2D eigenvalue weighted by Gasteiger charge is 2.21. The van der Waals surface area contributed by atoms with E-state index >= 15 is 0 Å². The van der Waals surface area contributed by atoms with E-state index < -0.39 is 0 Å². The summed E-state index contributed by atoms with van der Waals surface area (Å²) in [5.41, 5.74) is 1.83. The lowest BCUT2D eigenvalue weighted by molar-refractivity contribution is 0.0942. The Labute approximate surface area is 149 Å². The molecule has 3 rings (SSSR count). The van der Waals surface area contributed by atoms with E-state index in [-0.39, 0.29) is 11.9 Å². The Bertz CT molecular complexity index is 792. The van der Waals surface area contributed by atoms with Crippen molar-refractivity contribution in [2.45, 2.75) is 13.0 Å². The highest BCUT2D eigenvalue weighted by Crippen LogP contribution is 2.29. The number of furan rings is 1. The second kappa shape index (κ2) is 7.29. The zero-order valence-corrected chi connectivity index (χ0v) is 15.4. The number of rotatable bonds is 6. The predicted molar refractivity (Wildman–Crippen MR) is 97.6 cm³/mol. The highest BCUT2D eigenvalue weighted by atomic mass is 32.1. The normalized spacial score (nSPS) is 12.5. The highest BCUT2D eigenvalue weighted by molar-refractivity contribution is 7.17. The van der Waals surface area contributed by atoms with Crippen LogP contribution in [0, 0.1) is 6.92 Å². The molecule has 0 aromatic carbocycles. The summed E-state index contributed by atoms with van der Waals surface area (Å²) in [4.78, 5) is 19.8. The predicted octanol–water partition coefficient (Wildman–Crippen LogP) is 3.81. The van der Waals surface area contributed by atoms with Crippen LogP contribution in [0.3, 0.4) is 0 Å². The summed E-state index contributed by atoms with van der Waals surface area (Å²) in [6, 6.07) is 5.79. The average Bonchev–Trinajstić information content (AvgIpc) is 3.28. The standard InChI is InChI=1S/C17H19N3O2S2/c1-11-15(24-17(19-11)12-6-8-23-10-12)16(21)18-9-13(20(2)3)14-5-4-7-22-14/h4-8,10,13H,9H2,1-3H3,(H,18,21). The van der Waals surface area contributed by atoms with E-state index in [1.807, 2.05) is 54.9 Å². The van der Waals surface area contributed by atoms with Crippen molar-refractivity contribution in [3.8, 4) is 10.6 Å². The molecule has 3 aromatic rings. The van der Waals surface area contributed by atoms with Gasteiger partial charge < -0.3 is 9.73 Å². The van der Waals surface area contributed by atoms with Gasteiger partial charge >= 0.3 is 0 Å². The average molecular weight is 361 g/mol. The van der Waals surface area contributed by atoms with E-state index in [4.69, 9.17) is 4.42 Å². The third-order valence-electron chi connectivity index (χ3n) is 3.72. The minimum absolute atomic E-state index is 0.00600. The monoisotopic (exact) mass is 361 g/mol. The quantitative estimate of drug-likeness (QED) is 0.725. The zero-order chi connectivity index (χ0) is 17.1. The second-order valence-electron chi connectivity index (χ2n) is 5.65. The van der Waals surface area contributed by atoms with E-state index in [0.29, 0.717) is 11.4 Å². The van der Waals surface area contributed by atoms with Crippen molar-refractivity contribution < 1.29 is 9.21 Å². The fraction of sp³-hybridized carbons (Fsp3) is 0.294. The number of thiazole rings is 1. The molecule has 0 saturated heterocycles. The van der Waals surface area contributed by atoms with E-state index in [0.717, 1.165) is 22.0 Å². The van der Waals surface area contributed by atoms with Crippen molar-refractivity contribution in [3.63, 3.8) is 0 Å². The van der Waals surface area contributed by atoms with E-state index in [1.54, 1.807) is 17.6 Å². The first kappa shape index (κ1) is 16.9. The molecule has 0 bridgehead atoms. The van der Waals surface area contributed by atoms with Crippen LogP contribution in [-0.4, -0.2) is 36.4 Å². The number of thiophene rings is 1. The van der Waals surface area contributed by atoms with Crippen LogP contribution in [0.4, 0.5) is 0 Å². The van der Waals surface area contributed by atoms with E-state index in [9.17, 15) is 4.79 Å². The lowest BCUT2D eigenvalue weighted by Gasteiger charge is -2.22. The van der Waals surface area contributed by atoms with Gasteiger partial charge in [0.15, 0.2) is 0 Å². The van der Waals surface area contributed by atoms with Gasteiger partial charge in [0.2, 0.25) is 0 Å². The van der Waals surface area contributed by atoms with Crippen molar-refractivity contribution in [1.29, 1.82) is 0 Å². The molecule has 3 heterocycles. The number of likely N-dealkylation sites (N-methyl/N-ethyl adjacent to an activating group) is 1. The van der Waals surface area contributed by atoms with Gasteiger partial charge in [-0.15, -0.1) is 11.3 Å². The zero-order valence-electron chi connectivity index (χ0n) is 13.8. The Balaban J connectivity index is 1.71. The van der Waals surface area contributed by atoms with Crippen molar-refractivity contribution in [2.24, 2.45) is 0 Å². The van der Waals surface area contributed by atoms with Crippen molar-refractivity contribution in [2.75, 3.05) is 20.6 Å². The van der Waals surface area contributed by atoms with Crippen LogP contribution in [0.25, 0.3) is 10.6 Å². The van der Waals surface area contributed by atoms with Gasteiger partial charge in [-0.25, -0.2) is 4.98 Å². The first-order valence-corrected chi connectivity index (χ1v) is 9.30. The van der Waals surface area contributed by atoms with Crippen molar-refractivity contribution in [3.05, 3.63) is 51.6 Å². The van der Waals surface area contributed by atoms with Crippen LogP contribution in [0.1, 0.15) is 27.2 Å². The van der Waals surface area contributed by atoms with Crippen LogP contribution >= 0.6 is 22.7 Å². The topological polar surface area (TPSA) is 58.4 Å². The van der Waals surface area contributed by atoms with Gasteiger partial charge in [-0.3, -0.25) is 9.69 Å². The van der Waals surface area contributed by atoms with Crippen LogP contribution < -0.4 is 5.32 Å². The third kappa shape index (κ3) is 3.58. The van der Waals surface area contributed by atoms with Crippen LogP contribution in [0.2, 0.25) is 0 Å². The molecule has 126 valence electrons. The van der Waals surface area contributed by atoms with Gasteiger partial charge in [0.25, 0.3) is 5.91 Å². The molecule has 0 saturated carbocycles. The Kier molecular flexibility index (Phi) is 5.13.